The minimum Gasteiger partial charge on any atom is -0.447 e. The van der Waals surface area contributed by atoms with Gasteiger partial charge in [-0.15, -0.1) is 0 Å². The maximum atomic E-state index is 12.4. The number of hydrogen-bond acceptors (Lipinski definition) is 12. The largest absolute Gasteiger partial charge is 0.447 e. The summed E-state index contributed by atoms with van der Waals surface area (Å²) >= 11 is 0. The first kappa shape index (κ1) is 23.9. The van der Waals surface area contributed by atoms with Gasteiger partial charge in [0, 0.05) is 20.6 Å². The van der Waals surface area contributed by atoms with Crippen LogP contribution in [0.5, 0.6) is 0 Å². The zero-order valence-corrected chi connectivity index (χ0v) is 17.6. The number of nitrogens with zero attached hydrogens (tertiary/aromatic N) is 3. The van der Waals surface area contributed by atoms with Gasteiger partial charge in [0.1, 0.15) is 31.0 Å². The monoisotopic (exact) mass is 459 g/mol. The second kappa shape index (κ2) is 9.41. The summed E-state index contributed by atoms with van der Waals surface area (Å²) in [6.07, 6.45) is -7.37. The van der Waals surface area contributed by atoms with E-state index in [1.54, 1.807) is 7.05 Å². The Morgan fingerprint density at radius 2 is 2.06 bits per heavy atom. The zero-order chi connectivity index (χ0) is 23.7. The van der Waals surface area contributed by atoms with Gasteiger partial charge in [0.15, 0.2) is 18.2 Å². The van der Waals surface area contributed by atoms with E-state index in [1.807, 2.05) is 0 Å². The lowest BCUT2D eigenvalue weighted by Crippen LogP contribution is -2.69. The SMILES string of the molecule is CN1C[C@@H](O)[C@H]2NC(NC3OC(COC(N)=O)C(O)C(O)C3N(C)C(=O)CN)=N[C@@H]2C1=O. The lowest BCUT2D eigenvalue weighted by Gasteiger charge is -2.46. The van der Waals surface area contributed by atoms with Crippen LogP contribution in [0.4, 0.5) is 4.79 Å². The number of primary amides is 1. The molecule has 0 aromatic heterocycles. The molecule has 180 valence electrons. The third kappa shape index (κ3) is 4.56. The van der Waals surface area contributed by atoms with E-state index in [1.165, 1.54) is 11.9 Å². The predicted molar refractivity (Wildman–Crippen MR) is 107 cm³/mol. The van der Waals surface area contributed by atoms with Crippen molar-refractivity contribution in [3.8, 4) is 0 Å². The molecule has 0 aromatic rings. The molecule has 0 spiro atoms. The number of likely N-dealkylation sites (tertiary alicyclic amines) is 1. The van der Waals surface area contributed by atoms with Gasteiger partial charge in [-0.05, 0) is 0 Å². The van der Waals surface area contributed by atoms with Crippen LogP contribution in [0.2, 0.25) is 0 Å². The van der Waals surface area contributed by atoms with Gasteiger partial charge in [-0.1, -0.05) is 0 Å². The topological polar surface area (TPSA) is 225 Å². The van der Waals surface area contributed by atoms with Crippen LogP contribution in [-0.2, 0) is 19.1 Å². The Balaban J connectivity index is 1.83. The maximum Gasteiger partial charge on any atom is 0.404 e. The van der Waals surface area contributed by atoms with Gasteiger partial charge in [-0.3, -0.25) is 9.59 Å². The molecule has 9 N–H and O–H groups in total. The molecule has 3 aliphatic heterocycles. The van der Waals surface area contributed by atoms with Crippen LogP contribution in [0.25, 0.3) is 0 Å². The number of piperidine rings is 1. The third-order valence-electron chi connectivity index (χ3n) is 5.81. The van der Waals surface area contributed by atoms with E-state index in [0.29, 0.717) is 0 Å². The van der Waals surface area contributed by atoms with Crippen molar-refractivity contribution in [1.29, 1.82) is 0 Å². The Morgan fingerprint density at radius 1 is 1.38 bits per heavy atom. The van der Waals surface area contributed by atoms with Gasteiger partial charge in [-0.25, -0.2) is 9.79 Å². The van der Waals surface area contributed by atoms with Crippen molar-refractivity contribution >= 4 is 23.9 Å². The van der Waals surface area contributed by atoms with Crippen molar-refractivity contribution in [2.45, 2.75) is 48.8 Å². The average molecular weight is 459 g/mol. The standard InChI is InChI=1S/C17H29N7O8/c1-23-4-6(25)9-10(15(23)29)21-17(20-9)22-14-11(24(2)8(26)3-18)13(28)12(27)7(32-14)5-31-16(19)30/h6-7,9-14,25,27-28H,3-5,18H2,1-2H3,(H2,19,30)(H2,20,21,22)/t6-,7?,9-,10+,11?,12?,13?,14?/m1/s1. The molecule has 3 heterocycles. The van der Waals surface area contributed by atoms with E-state index in [2.05, 4.69) is 20.4 Å². The highest BCUT2D eigenvalue weighted by Gasteiger charge is 2.50. The number of ether oxygens (including phenoxy) is 2. The Kier molecular flexibility index (Phi) is 7.04. The van der Waals surface area contributed by atoms with E-state index < -0.39 is 67.4 Å². The Bertz CT molecular complexity index is 782. The van der Waals surface area contributed by atoms with E-state index in [4.69, 9.17) is 16.2 Å². The molecule has 0 aromatic carbocycles. The van der Waals surface area contributed by atoms with E-state index in [0.717, 1.165) is 4.90 Å². The van der Waals surface area contributed by atoms with Crippen LogP contribution in [0.15, 0.2) is 4.99 Å². The van der Waals surface area contributed by atoms with E-state index in [9.17, 15) is 29.7 Å². The van der Waals surface area contributed by atoms with E-state index >= 15 is 0 Å². The molecule has 5 unspecified atom stereocenters. The molecule has 15 nitrogen and oxygen atoms in total. The molecule has 15 heteroatoms. The first-order valence-electron chi connectivity index (χ1n) is 9.98. The molecule has 0 radical (unpaired) electrons. The fraction of sp³-hybridized carbons (Fsp3) is 0.765. The number of amides is 3. The Hall–Kier alpha value is -2.72. The highest BCUT2D eigenvalue weighted by molar-refractivity contribution is 5.92. The number of fused-ring (bicyclic) bond motifs is 1. The summed E-state index contributed by atoms with van der Waals surface area (Å²) in [5, 5.41) is 37.2. The quantitative estimate of drug-likeness (QED) is 0.205. The normalized spacial score (nSPS) is 36.6. The summed E-state index contributed by atoms with van der Waals surface area (Å²) in [5.41, 5.74) is 10.4. The molecular weight excluding hydrogens is 430 g/mol. The third-order valence-corrected chi connectivity index (χ3v) is 5.81. The van der Waals surface area contributed by atoms with Crippen molar-refractivity contribution in [1.82, 2.24) is 20.4 Å². The number of carbonyl (C=O) groups excluding carboxylic acids is 3. The molecule has 32 heavy (non-hydrogen) atoms. The molecule has 0 saturated carbocycles. The van der Waals surface area contributed by atoms with Gasteiger partial charge in [0.05, 0.1) is 18.7 Å². The molecule has 3 amide bonds. The Labute approximate surface area is 183 Å². The van der Waals surface area contributed by atoms with Crippen LogP contribution in [0.3, 0.4) is 0 Å². The molecule has 3 rings (SSSR count). The number of aliphatic hydroxyl groups is 3. The van der Waals surface area contributed by atoms with Crippen LogP contribution in [0, 0.1) is 0 Å². The molecular formula is C17H29N7O8. The number of hydrogen-bond donors (Lipinski definition) is 7. The fourth-order valence-corrected chi connectivity index (χ4v) is 4.05. The number of aliphatic hydroxyl groups excluding tert-OH is 3. The van der Waals surface area contributed by atoms with Gasteiger partial charge < -0.3 is 56.7 Å². The summed E-state index contributed by atoms with van der Waals surface area (Å²) < 4.78 is 10.5. The van der Waals surface area contributed by atoms with Crippen molar-refractivity contribution in [2.24, 2.45) is 16.5 Å². The minimum atomic E-state index is -1.52. The second-order valence-corrected chi connectivity index (χ2v) is 7.93. The molecule has 8 atom stereocenters. The second-order valence-electron chi connectivity index (χ2n) is 7.93. The minimum absolute atomic E-state index is 0.0875. The first-order chi connectivity index (χ1) is 15.0. The molecule has 2 saturated heterocycles. The number of guanidine groups is 1. The lowest BCUT2D eigenvalue weighted by molar-refractivity contribution is -0.215. The highest BCUT2D eigenvalue weighted by Crippen LogP contribution is 2.25. The van der Waals surface area contributed by atoms with Crippen LogP contribution in [0.1, 0.15) is 0 Å². The predicted octanol–water partition coefficient (Wildman–Crippen LogP) is -5.57. The van der Waals surface area contributed by atoms with Crippen LogP contribution < -0.4 is 22.1 Å². The Morgan fingerprint density at radius 3 is 2.69 bits per heavy atom. The molecule has 3 aliphatic rings. The van der Waals surface area contributed by atoms with Gasteiger partial charge in [0.2, 0.25) is 11.8 Å². The summed E-state index contributed by atoms with van der Waals surface area (Å²) in [5.74, 6) is -0.737. The summed E-state index contributed by atoms with van der Waals surface area (Å²) in [7, 11) is 2.93. The van der Waals surface area contributed by atoms with Gasteiger partial charge in [-0.2, -0.15) is 0 Å². The number of nitrogens with two attached hydrogens (primary N) is 2. The lowest BCUT2D eigenvalue weighted by atomic mass is 9.94. The number of carbonyl (C=O) groups is 3. The van der Waals surface area contributed by atoms with Crippen LogP contribution in [-0.4, -0.2) is 132 Å². The molecule has 0 aliphatic carbocycles. The molecule has 0 bridgehead atoms. The van der Waals surface area contributed by atoms with Crippen molar-refractivity contribution in [3.63, 3.8) is 0 Å². The van der Waals surface area contributed by atoms with Crippen molar-refractivity contribution < 1.29 is 39.2 Å². The summed E-state index contributed by atoms with van der Waals surface area (Å²) in [6, 6.07) is -2.67. The van der Waals surface area contributed by atoms with Gasteiger partial charge in [0.25, 0.3) is 0 Å². The number of rotatable bonds is 5. The number of aliphatic imine (C=N–C) groups is 1. The maximum absolute atomic E-state index is 12.4. The molecule has 2 fully saturated rings. The van der Waals surface area contributed by atoms with Crippen molar-refractivity contribution in [3.05, 3.63) is 0 Å². The summed E-state index contributed by atoms with van der Waals surface area (Å²) in [6.45, 7) is -0.684. The zero-order valence-electron chi connectivity index (χ0n) is 17.6. The van der Waals surface area contributed by atoms with Crippen molar-refractivity contribution in [2.75, 3.05) is 33.8 Å². The van der Waals surface area contributed by atoms with Crippen LogP contribution >= 0.6 is 0 Å². The number of nitrogens with one attached hydrogen (secondary N) is 2. The van der Waals surface area contributed by atoms with Gasteiger partial charge >= 0.3 is 6.09 Å². The first-order valence-corrected chi connectivity index (χ1v) is 9.98. The number of β-amino-alcohol motifs (C(OH)–C–C–N with tert-alkyl or cyclic N) is 1. The summed E-state index contributed by atoms with van der Waals surface area (Å²) in [4.78, 5) is 42.3. The number of likely N-dealkylation sites (N-methyl/N-ethyl adjacent to an activating group) is 2. The average Bonchev–Trinajstić information content (AvgIpc) is 3.17. The highest BCUT2D eigenvalue weighted by atomic mass is 16.6. The van der Waals surface area contributed by atoms with E-state index in [-0.39, 0.29) is 25.0 Å². The fourth-order valence-electron chi connectivity index (χ4n) is 4.05. The smallest absolute Gasteiger partial charge is 0.404 e.